The molecule has 0 bridgehead atoms. The van der Waals surface area contributed by atoms with Crippen molar-refractivity contribution >= 4 is 0 Å². The van der Waals surface area contributed by atoms with Crippen molar-refractivity contribution in [1.29, 1.82) is 5.26 Å². The van der Waals surface area contributed by atoms with E-state index in [9.17, 15) is 0 Å². The van der Waals surface area contributed by atoms with Crippen molar-refractivity contribution in [3.05, 3.63) is 35.4 Å². The van der Waals surface area contributed by atoms with Crippen molar-refractivity contribution in [1.82, 2.24) is 0 Å². The average molecular weight is 170 g/mol. The van der Waals surface area contributed by atoms with Crippen molar-refractivity contribution in [2.75, 3.05) is 0 Å². The van der Waals surface area contributed by atoms with Crippen LogP contribution in [0.3, 0.4) is 0 Å². The van der Waals surface area contributed by atoms with Gasteiger partial charge >= 0.3 is 0 Å². The second kappa shape index (κ2) is 4.98. The number of nitrogens with zero attached hydrogens (tertiary/aromatic N) is 1. The Morgan fingerprint density at radius 3 is 2.46 bits per heavy atom. The van der Waals surface area contributed by atoms with E-state index in [0.717, 1.165) is 11.1 Å². The molecular formula is C11H10N2. The lowest BCUT2D eigenvalue weighted by atomic mass is 10.1. The van der Waals surface area contributed by atoms with E-state index in [2.05, 4.69) is 11.8 Å². The number of nitrogens with two attached hydrogens (primary N) is 1. The normalized spacial score (nSPS) is 8.31. The molecule has 0 aliphatic heterocycles. The molecule has 0 atom stereocenters. The standard InChI is InChI=1S/C11H10N2/c12-8-2-1-3-10-4-6-11(9-13)7-5-10/h4-7H,2,9,13H2. The Labute approximate surface area is 78.0 Å². The van der Waals surface area contributed by atoms with Gasteiger partial charge in [-0.3, -0.25) is 0 Å². The third-order valence-electron chi connectivity index (χ3n) is 1.59. The van der Waals surface area contributed by atoms with Gasteiger partial charge in [0.15, 0.2) is 0 Å². The van der Waals surface area contributed by atoms with Gasteiger partial charge in [0, 0.05) is 12.1 Å². The van der Waals surface area contributed by atoms with Crippen molar-refractivity contribution in [3.8, 4) is 17.9 Å². The van der Waals surface area contributed by atoms with Crippen LogP contribution in [0.2, 0.25) is 0 Å². The molecule has 1 aromatic carbocycles. The molecule has 2 N–H and O–H groups in total. The Balaban J connectivity index is 2.72. The molecule has 1 aromatic rings. The predicted octanol–water partition coefficient (Wildman–Crippen LogP) is 1.41. The van der Waals surface area contributed by atoms with E-state index in [1.807, 2.05) is 30.3 Å². The average Bonchev–Trinajstić information content (AvgIpc) is 2.19. The zero-order chi connectivity index (χ0) is 9.52. The quantitative estimate of drug-likeness (QED) is 0.648. The van der Waals surface area contributed by atoms with E-state index in [-0.39, 0.29) is 6.42 Å². The molecule has 0 unspecified atom stereocenters. The fourth-order valence-corrected chi connectivity index (χ4v) is 0.910. The van der Waals surface area contributed by atoms with E-state index >= 15 is 0 Å². The first-order valence-electron chi connectivity index (χ1n) is 4.01. The lowest BCUT2D eigenvalue weighted by Crippen LogP contribution is -1.95. The fourth-order valence-electron chi connectivity index (χ4n) is 0.910. The highest BCUT2D eigenvalue weighted by Gasteiger charge is 1.88. The number of benzene rings is 1. The molecular weight excluding hydrogens is 160 g/mol. The molecule has 1 rings (SSSR count). The van der Waals surface area contributed by atoms with Crippen LogP contribution in [0.1, 0.15) is 17.5 Å². The van der Waals surface area contributed by atoms with Crippen molar-refractivity contribution < 1.29 is 0 Å². The SMILES string of the molecule is N#CCC#Cc1ccc(CN)cc1. The minimum absolute atomic E-state index is 0.276. The highest BCUT2D eigenvalue weighted by molar-refractivity contribution is 5.36. The number of hydrogen-bond donors (Lipinski definition) is 1. The molecule has 2 nitrogen and oxygen atoms in total. The molecule has 0 spiro atoms. The van der Waals surface area contributed by atoms with E-state index in [1.165, 1.54) is 0 Å². The van der Waals surface area contributed by atoms with E-state index < -0.39 is 0 Å². The molecule has 2 heteroatoms. The Kier molecular flexibility index (Phi) is 3.57. The van der Waals surface area contributed by atoms with Gasteiger partial charge < -0.3 is 5.73 Å². The van der Waals surface area contributed by atoms with Crippen LogP contribution in [-0.2, 0) is 6.54 Å². The summed E-state index contributed by atoms with van der Waals surface area (Å²) in [6, 6.07) is 9.67. The Morgan fingerprint density at radius 1 is 1.23 bits per heavy atom. The lowest BCUT2D eigenvalue weighted by Gasteiger charge is -1.94. The topological polar surface area (TPSA) is 49.8 Å². The van der Waals surface area contributed by atoms with Crippen LogP contribution in [0.15, 0.2) is 24.3 Å². The van der Waals surface area contributed by atoms with Gasteiger partial charge in [0.1, 0.15) is 0 Å². The summed E-state index contributed by atoms with van der Waals surface area (Å²) in [6.07, 6.45) is 0.276. The summed E-state index contributed by atoms with van der Waals surface area (Å²) in [4.78, 5) is 0. The van der Waals surface area contributed by atoms with Crippen LogP contribution in [0, 0.1) is 23.2 Å². The van der Waals surface area contributed by atoms with Crippen LogP contribution in [-0.4, -0.2) is 0 Å². The summed E-state index contributed by atoms with van der Waals surface area (Å²) in [5.74, 6) is 5.63. The molecule has 64 valence electrons. The Bertz CT molecular complexity index is 360. The first-order chi connectivity index (χ1) is 6.36. The molecule has 0 amide bonds. The number of hydrogen-bond acceptors (Lipinski definition) is 2. The number of rotatable bonds is 1. The molecule has 0 heterocycles. The predicted molar refractivity (Wildman–Crippen MR) is 51.4 cm³/mol. The van der Waals surface area contributed by atoms with E-state index in [0.29, 0.717) is 6.54 Å². The third kappa shape index (κ3) is 2.99. The maximum absolute atomic E-state index is 8.26. The largest absolute Gasteiger partial charge is 0.326 e. The summed E-state index contributed by atoms with van der Waals surface area (Å²) >= 11 is 0. The highest BCUT2D eigenvalue weighted by atomic mass is 14.5. The highest BCUT2D eigenvalue weighted by Crippen LogP contribution is 2.01. The van der Waals surface area contributed by atoms with Crippen LogP contribution in [0.5, 0.6) is 0 Å². The van der Waals surface area contributed by atoms with Gasteiger partial charge in [-0.1, -0.05) is 24.0 Å². The summed E-state index contributed by atoms with van der Waals surface area (Å²) in [6.45, 7) is 0.548. The van der Waals surface area contributed by atoms with Crippen molar-refractivity contribution in [2.45, 2.75) is 13.0 Å². The summed E-state index contributed by atoms with van der Waals surface area (Å²) in [5, 5.41) is 8.26. The van der Waals surface area contributed by atoms with Crippen LogP contribution >= 0.6 is 0 Å². The minimum atomic E-state index is 0.276. The van der Waals surface area contributed by atoms with Gasteiger partial charge in [0.2, 0.25) is 0 Å². The van der Waals surface area contributed by atoms with Crippen LogP contribution in [0.4, 0.5) is 0 Å². The summed E-state index contributed by atoms with van der Waals surface area (Å²) < 4.78 is 0. The molecule has 0 radical (unpaired) electrons. The second-order valence-electron chi connectivity index (χ2n) is 2.54. The summed E-state index contributed by atoms with van der Waals surface area (Å²) in [5.41, 5.74) is 7.45. The molecule has 0 aromatic heterocycles. The van der Waals surface area contributed by atoms with Gasteiger partial charge in [-0.2, -0.15) is 5.26 Å². The monoisotopic (exact) mass is 170 g/mol. The molecule has 0 aliphatic carbocycles. The molecule has 0 saturated carbocycles. The van der Waals surface area contributed by atoms with Gasteiger partial charge in [-0.15, -0.1) is 0 Å². The van der Waals surface area contributed by atoms with E-state index in [4.69, 9.17) is 11.0 Å². The number of nitriles is 1. The molecule has 13 heavy (non-hydrogen) atoms. The van der Waals surface area contributed by atoms with Crippen molar-refractivity contribution in [3.63, 3.8) is 0 Å². The van der Waals surface area contributed by atoms with E-state index in [1.54, 1.807) is 0 Å². The Morgan fingerprint density at radius 2 is 1.92 bits per heavy atom. The minimum Gasteiger partial charge on any atom is -0.326 e. The lowest BCUT2D eigenvalue weighted by molar-refractivity contribution is 1.07. The van der Waals surface area contributed by atoms with Gasteiger partial charge in [-0.25, -0.2) is 0 Å². The summed E-state index contributed by atoms with van der Waals surface area (Å²) in [7, 11) is 0. The molecule has 0 aliphatic rings. The first kappa shape index (κ1) is 9.32. The van der Waals surface area contributed by atoms with Gasteiger partial charge in [-0.05, 0) is 17.7 Å². The second-order valence-corrected chi connectivity index (χ2v) is 2.54. The zero-order valence-corrected chi connectivity index (χ0v) is 7.25. The molecule has 0 fully saturated rings. The van der Waals surface area contributed by atoms with Crippen molar-refractivity contribution in [2.24, 2.45) is 5.73 Å². The maximum atomic E-state index is 8.26. The molecule has 0 saturated heterocycles. The van der Waals surface area contributed by atoms with Crippen LogP contribution in [0.25, 0.3) is 0 Å². The smallest absolute Gasteiger partial charge is 0.0966 e. The maximum Gasteiger partial charge on any atom is 0.0966 e. The van der Waals surface area contributed by atoms with Gasteiger partial charge in [0.25, 0.3) is 0 Å². The van der Waals surface area contributed by atoms with Crippen LogP contribution < -0.4 is 5.73 Å². The fraction of sp³-hybridized carbons (Fsp3) is 0.182. The third-order valence-corrected chi connectivity index (χ3v) is 1.59. The Hall–Kier alpha value is -1.77. The van der Waals surface area contributed by atoms with Gasteiger partial charge in [0.05, 0.1) is 12.5 Å². The first-order valence-corrected chi connectivity index (χ1v) is 4.01. The zero-order valence-electron chi connectivity index (χ0n) is 7.25.